The van der Waals surface area contributed by atoms with E-state index >= 15 is 0 Å². The highest BCUT2D eigenvalue weighted by Crippen LogP contribution is 2.25. The summed E-state index contributed by atoms with van der Waals surface area (Å²) in [6, 6.07) is 8.28. The second kappa shape index (κ2) is 9.24. The predicted octanol–water partition coefficient (Wildman–Crippen LogP) is 4.45. The third-order valence-corrected chi connectivity index (χ3v) is 3.51. The van der Waals surface area contributed by atoms with Crippen LogP contribution in [0.1, 0.15) is 38.2 Å². The Bertz CT molecular complexity index is 1070. The van der Waals surface area contributed by atoms with Gasteiger partial charge in [-0.25, -0.2) is 14.6 Å². The molecule has 0 aliphatic heterocycles. The van der Waals surface area contributed by atoms with Crippen LogP contribution in [0.15, 0.2) is 47.2 Å². The van der Waals surface area contributed by atoms with Gasteiger partial charge < -0.3 is 18.6 Å². The molecule has 0 aliphatic rings. The molecule has 2 aromatic heterocycles. The van der Waals surface area contributed by atoms with Gasteiger partial charge in [-0.15, -0.1) is 0 Å². The SMILES string of the molecule is CCOC(=O)c1coc(-c2nccc(Oc3cccc(NC(=O)OC(C)(C)C)c3)n2)n1. The molecule has 162 valence electrons. The fraction of sp³-hybridized carbons (Fsp3) is 0.286. The maximum absolute atomic E-state index is 11.9. The van der Waals surface area contributed by atoms with Crippen molar-refractivity contribution in [3.05, 3.63) is 48.5 Å². The maximum Gasteiger partial charge on any atom is 0.412 e. The molecule has 0 spiro atoms. The van der Waals surface area contributed by atoms with E-state index in [0.717, 1.165) is 0 Å². The lowest BCUT2D eigenvalue weighted by atomic mass is 10.2. The quantitative estimate of drug-likeness (QED) is 0.569. The summed E-state index contributed by atoms with van der Waals surface area (Å²) in [7, 11) is 0. The molecule has 2 heterocycles. The number of esters is 1. The summed E-state index contributed by atoms with van der Waals surface area (Å²) >= 11 is 0. The lowest BCUT2D eigenvalue weighted by molar-refractivity contribution is 0.0518. The first-order valence-electron chi connectivity index (χ1n) is 9.47. The zero-order chi connectivity index (χ0) is 22.4. The minimum atomic E-state index is -0.609. The Hall–Kier alpha value is -3.95. The molecule has 0 radical (unpaired) electrons. The Morgan fingerprint density at radius 2 is 1.97 bits per heavy atom. The lowest BCUT2D eigenvalue weighted by Gasteiger charge is -2.19. The van der Waals surface area contributed by atoms with Crippen LogP contribution in [0.2, 0.25) is 0 Å². The number of nitrogens with one attached hydrogen (secondary N) is 1. The van der Waals surface area contributed by atoms with Gasteiger partial charge in [0.25, 0.3) is 5.89 Å². The molecule has 10 heteroatoms. The van der Waals surface area contributed by atoms with Crippen LogP contribution in [0.4, 0.5) is 10.5 Å². The number of aromatic nitrogens is 3. The average molecular weight is 426 g/mol. The highest BCUT2D eigenvalue weighted by molar-refractivity contribution is 5.87. The van der Waals surface area contributed by atoms with E-state index in [2.05, 4.69) is 20.3 Å². The van der Waals surface area contributed by atoms with Crippen molar-refractivity contribution >= 4 is 17.7 Å². The highest BCUT2D eigenvalue weighted by Gasteiger charge is 2.18. The van der Waals surface area contributed by atoms with Gasteiger partial charge in [0.1, 0.15) is 17.6 Å². The van der Waals surface area contributed by atoms with Crippen LogP contribution in [0.25, 0.3) is 11.7 Å². The van der Waals surface area contributed by atoms with Crippen molar-refractivity contribution in [2.45, 2.75) is 33.3 Å². The molecule has 1 aromatic carbocycles. The van der Waals surface area contributed by atoms with Gasteiger partial charge in [0.05, 0.1) is 6.61 Å². The number of oxazole rings is 1. The molecular formula is C21H22N4O6. The fourth-order valence-electron chi connectivity index (χ4n) is 2.36. The van der Waals surface area contributed by atoms with Crippen LogP contribution < -0.4 is 10.1 Å². The fourth-order valence-corrected chi connectivity index (χ4v) is 2.36. The molecule has 0 atom stereocenters. The number of carbonyl (C=O) groups is 2. The summed E-state index contributed by atoms with van der Waals surface area (Å²) in [6.07, 6.45) is 2.07. The minimum Gasteiger partial charge on any atom is -0.461 e. The number of hydrogen-bond acceptors (Lipinski definition) is 9. The van der Waals surface area contributed by atoms with Crippen LogP contribution in [0, 0.1) is 0 Å². The van der Waals surface area contributed by atoms with E-state index in [0.29, 0.717) is 11.4 Å². The number of anilines is 1. The molecule has 3 aromatic rings. The zero-order valence-electron chi connectivity index (χ0n) is 17.5. The molecule has 0 saturated carbocycles. The van der Waals surface area contributed by atoms with E-state index in [1.54, 1.807) is 58.0 Å². The first-order chi connectivity index (χ1) is 14.7. The number of ether oxygens (including phenoxy) is 3. The van der Waals surface area contributed by atoms with Crippen molar-refractivity contribution < 1.29 is 28.2 Å². The van der Waals surface area contributed by atoms with Crippen molar-refractivity contribution in [3.8, 4) is 23.3 Å². The number of nitrogens with zero attached hydrogens (tertiary/aromatic N) is 3. The predicted molar refractivity (Wildman–Crippen MR) is 110 cm³/mol. The van der Waals surface area contributed by atoms with E-state index in [1.165, 1.54) is 12.5 Å². The molecule has 0 saturated heterocycles. The standard InChI is InChI=1S/C21H22N4O6/c1-5-28-19(26)15-12-29-18(24-15)17-22-10-9-16(25-17)30-14-8-6-7-13(11-14)23-20(27)31-21(2,3)4/h6-12H,5H2,1-4H3,(H,23,27). The summed E-state index contributed by atoms with van der Waals surface area (Å²) in [5, 5.41) is 2.64. The summed E-state index contributed by atoms with van der Waals surface area (Å²) < 4.78 is 21.1. The van der Waals surface area contributed by atoms with Gasteiger partial charge in [0.2, 0.25) is 11.7 Å². The molecule has 0 fully saturated rings. The zero-order valence-corrected chi connectivity index (χ0v) is 17.5. The molecule has 0 bridgehead atoms. The Labute approximate surface area is 178 Å². The summed E-state index contributed by atoms with van der Waals surface area (Å²) in [5.74, 6) is 0.234. The van der Waals surface area contributed by atoms with Crippen molar-refractivity contribution in [3.63, 3.8) is 0 Å². The largest absolute Gasteiger partial charge is 0.461 e. The Balaban J connectivity index is 1.71. The van der Waals surface area contributed by atoms with Gasteiger partial charge in [-0.2, -0.15) is 9.97 Å². The second-order valence-electron chi connectivity index (χ2n) is 7.23. The number of rotatable bonds is 6. The second-order valence-corrected chi connectivity index (χ2v) is 7.23. The van der Waals surface area contributed by atoms with Crippen LogP contribution in [-0.4, -0.2) is 39.2 Å². The van der Waals surface area contributed by atoms with E-state index in [4.69, 9.17) is 18.6 Å². The van der Waals surface area contributed by atoms with Crippen LogP contribution in [0.5, 0.6) is 11.6 Å². The lowest BCUT2D eigenvalue weighted by Crippen LogP contribution is -2.27. The van der Waals surface area contributed by atoms with Crippen LogP contribution >= 0.6 is 0 Å². The first kappa shape index (κ1) is 21.8. The van der Waals surface area contributed by atoms with Crippen molar-refractivity contribution in [1.29, 1.82) is 0 Å². The third kappa shape index (κ3) is 6.26. The molecule has 10 nitrogen and oxygen atoms in total. The Morgan fingerprint density at radius 3 is 2.71 bits per heavy atom. The van der Waals surface area contributed by atoms with Gasteiger partial charge in [-0.3, -0.25) is 5.32 Å². The normalized spacial score (nSPS) is 11.0. The average Bonchev–Trinajstić information content (AvgIpc) is 3.17. The Kier molecular flexibility index (Phi) is 6.49. The molecule has 31 heavy (non-hydrogen) atoms. The van der Waals surface area contributed by atoms with E-state index < -0.39 is 17.7 Å². The maximum atomic E-state index is 11.9. The number of hydrogen-bond donors (Lipinski definition) is 1. The number of amides is 1. The molecule has 0 unspecified atom stereocenters. The summed E-state index contributed by atoms with van der Waals surface area (Å²) in [4.78, 5) is 36.0. The van der Waals surface area contributed by atoms with E-state index in [-0.39, 0.29) is 29.9 Å². The van der Waals surface area contributed by atoms with Gasteiger partial charge in [0.15, 0.2) is 5.69 Å². The van der Waals surface area contributed by atoms with Gasteiger partial charge in [0, 0.05) is 24.0 Å². The number of benzene rings is 1. The minimum absolute atomic E-state index is 0.0210. The number of carbonyl (C=O) groups excluding carboxylic acids is 2. The van der Waals surface area contributed by atoms with Gasteiger partial charge in [-0.1, -0.05) is 6.07 Å². The van der Waals surface area contributed by atoms with E-state index in [9.17, 15) is 9.59 Å². The van der Waals surface area contributed by atoms with Gasteiger partial charge in [-0.05, 0) is 39.8 Å². The van der Waals surface area contributed by atoms with Crippen LogP contribution in [0.3, 0.4) is 0 Å². The van der Waals surface area contributed by atoms with Crippen molar-refractivity contribution in [2.24, 2.45) is 0 Å². The molecule has 3 rings (SSSR count). The highest BCUT2D eigenvalue weighted by atomic mass is 16.6. The monoisotopic (exact) mass is 426 g/mol. The molecular weight excluding hydrogens is 404 g/mol. The van der Waals surface area contributed by atoms with Gasteiger partial charge >= 0.3 is 12.1 Å². The topological polar surface area (TPSA) is 126 Å². The summed E-state index contributed by atoms with van der Waals surface area (Å²) in [5.41, 5.74) is -0.0942. The molecule has 1 amide bonds. The van der Waals surface area contributed by atoms with Crippen molar-refractivity contribution in [1.82, 2.24) is 15.0 Å². The Morgan fingerprint density at radius 1 is 1.16 bits per heavy atom. The molecule has 0 aliphatic carbocycles. The summed E-state index contributed by atoms with van der Waals surface area (Å²) in [6.45, 7) is 7.26. The smallest absolute Gasteiger partial charge is 0.412 e. The van der Waals surface area contributed by atoms with E-state index in [1.807, 2.05) is 0 Å². The van der Waals surface area contributed by atoms with Crippen LogP contribution in [-0.2, 0) is 9.47 Å². The van der Waals surface area contributed by atoms with Crippen molar-refractivity contribution in [2.75, 3.05) is 11.9 Å². The first-order valence-corrected chi connectivity index (χ1v) is 9.47. The third-order valence-electron chi connectivity index (χ3n) is 3.51. The molecule has 1 N–H and O–H groups in total.